The Hall–Kier alpha value is -0.610. The number of rotatable bonds is 3. The van der Waals surface area contributed by atoms with Crippen LogP contribution in [0.2, 0.25) is 10.0 Å². The van der Waals surface area contributed by atoms with Crippen molar-refractivity contribution < 1.29 is 4.39 Å². The Bertz CT molecular complexity index is 584. The molecule has 1 unspecified atom stereocenters. The maximum atomic E-state index is 13.4. The summed E-state index contributed by atoms with van der Waals surface area (Å²) in [6.45, 7) is 0. The molecular formula is C14H11BrCl2FN. The van der Waals surface area contributed by atoms with E-state index in [-0.39, 0.29) is 11.1 Å². The molecule has 0 saturated heterocycles. The summed E-state index contributed by atoms with van der Waals surface area (Å²) in [5.74, 6) is -0.432. The van der Waals surface area contributed by atoms with Crippen LogP contribution >= 0.6 is 39.1 Å². The minimum Gasteiger partial charge on any atom is -0.324 e. The lowest BCUT2D eigenvalue weighted by Gasteiger charge is -2.14. The first-order valence-corrected chi connectivity index (χ1v) is 7.16. The smallest absolute Gasteiger partial charge is 0.142 e. The molecule has 5 heteroatoms. The monoisotopic (exact) mass is 361 g/mol. The molecule has 0 heterocycles. The molecule has 0 aliphatic heterocycles. The predicted molar refractivity (Wildman–Crippen MR) is 81.2 cm³/mol. The third kappa shape index (κ3) is 3.69. The zero-order chi connectivity index (χ0) is 14.0. The molecule has 0 spiro atoms. The standard InChI is InChI=1S/C14H11BrCl2FN/c15-10-4-9(5-11(16)7-10)13(19)6-8-2-1-3-12(18)14(8)17/h1-5,7,13H,6,19H2. The maximum Gasteiger partial charge on any atom is 0.142 e. The van der Waals surface area contributed by atoms with Gasteiger partial charge in [-0.05, 0) is 41.8 Å². The van der Waals surface area contributed by atoms with Gasteiger partial charge >= 0.3 is 0 Å². The van der Waals surface area contributed by atoms with Crippen LogP contribution in [-0.2, 0) is 6.42 Å². The van der Waals surface area contributed by atoms with E-state index >= 15 is 0 Å². The molecular weight excluding hydrogens is 352 g/mol. The highest BCUT2D eigenvalue weighted by atomic mass is 79.9. The molecule has 19 heavy (non-hydrogen) atoms. The summed E-state index contributed by atoms with van der Waals surface area (Å²) in [6, 6.07) is 9.89. The van der Waals surface area contributed by atoms with E-state index in [9.17, 15) is 4.39 Å². The zero-order valence-electron chi connectivity index (χ0n) is 9.84. The zero-order valence-corrected chi connectivity index (χ0v) is 12.9. The molecule has 2 aromatic rings. The number of benzene rings is 2. The minimum absolute atomic E-state index is 0.124. The van der Waals surface area contributed by atoms with Crippen molar-refractivity contribution in [2.75, 3.05) is 0 Å². The summed E-state index contributed by atoms with van der Waals surface area (Å²) in [5.41, 5.74) is 7.68. The first kappa shape index (κ1) is 14.8. The van der Waals surface area contributed by atoms with Gasteiger partial charge in [0.25, 0.3) is 0 Å². The van der Waals surface area contributed by atoms with Crippen LogP contribution in [0.4, 0.5) is 4.39 Å². The third-order valence-electron chi connectivity index (χ3n) is 2.78. The molecule has 2 rings (SSSR count). The van der Waals surface area contributed by atoms with Crippen LogP contribution in [-0.4, -0.2) is 0 Å². The van der Waals surface area contributed by atoms with E-state index in [1.807, 2.05) is 6.07 Å². The van der Waals surface area contributed by atoms with Crippen molar-refractivity contribution in [2.24, 2.45) is 5.73 Å². The first-order chi connectivity index (χ1) is 8.97. The fourth-order valence-electron chi connectivity index (χ4n) is 1.85. The summed E-state index contributed by atoms with van der Waals surface area (Å²) in [4.78, 5) is 0. The van der Waals surface area contributed by atoms with Gasteiger partial charge in [-0.1, -0.05) is 51.3 Å². The lowest BCUT2D eigenvalue weighted by Crippen LogP contribution is -2.13. The minimum atomic E-state index is -0.432. The average Bonchev–Trinajstić information content (AvgIpc) is 2.33. The van der Waals surface area contributed by atoms with Gasteiger partial charge in [-0.3, -0.25) is 0 Å². The topological polar surface area (TPSA) is 26.0 Å². The lowest BCUT2D eigenvalue weighted by molar-refractivity contribution is 0.622. The Labute approximate surface area is 129 Å². The number of nitrogens with two attached hydrogens (primary N) is 1. The fraction of sp³-hybridized carbons (Fsp3) is 0.143. The van der Waals surface area contributed by atoms with Crippen molar-refractivity contribution in [3.63, 3.8) is 0 Å². The second kappa shape index (κ2) is 6.23. The molecule has 2 aromatic carbocycles. The molecule has 0 radical (unpaired) electrons. The lowest BCUT2D eigenvalue weighted by atomic mass is 9.99. The van der Waals surface area contributed by atoms with Crippen LogP contribution in [0.25, 0.3) is 0 Å². The molecule has 1 atom stereocenters. The Morgan fingerprint density at radius 2 is 1.95 bits per heavy atom. The summed E-state index contributed by atoms with van der Waals surface area (Å²) in [5, 5.41) is 0.726. The van der Waals surface area contributed by atoms with Gasteiger partial charge in [0.15, 0.2) is 0 Å². The Morgan fingerprint density at radius 3 is 2.63 bits per heavy atom. The predicted octanol–water partition coefficient (Wildman–Crippen LogP) is 5.14. The van der Waals surface area contributed by atoms with Crippen LogP contribution in [0.3, 0.4) is 0 Å². The van der Waals surface area contributed by atoms with Crippen LogP contribution in [0.15, 0.2) is 40.9 Å². The molecule has 100 valence electrons. The summed E-state index contributed by atoms with van der Waals surface area (Å²) in [7, 11) is 0. The highest BCUT2D eigenvalue weighted by molar-refractivity contribution is 9.10. The van der Waals surface area contributed by atoms with Crippen molar-refractivity contribution in [3.05, 3.63) is 67.9 Å². The van der Waals surface area contributed by atoms with Gasteiger partial charge < -0.3 is 5.73 Å². The van der Waals surface area contributed by atoms with Gasteiger partial charge in [0.05, 0.1) is 5.02 Å². The number of halogens is 4. The molecule has 0 aliphatic carbocycles. The van der Waals surface area contributed by atoms with Crippen LogP contribution < -0.4 is 5.73 Å². The molecule has 0 aromatic heterocycles. The van der Waals surface area contributed by atoms with Gasteiger partial charge in [-0.25, -0.2) is 4.39 Å². The number of hydrogen-bond donors (Lipinski definition) is 1. The second-order valence-electron chi connectivity index (χ2n) is 4.23. The van der Waals surface area contributed by atoms with Crippen molar-refractivity contribution >= 4 is 39.1 Å². The highest BCUT2D eigenvalue weighted by Crippen LogP contribution is 2.27. The summed E-state index contributed by atoms with van der Waals surface area (Å²) < 4.78 is 14.2. The number of hydrogen-bond acceptors (Lipinski definition) is 1. The Morgan fingerprint density at radius 1 is 1.21 bits per heavy atom. The van der Waals surface area contributed by atoms with E-state index in [4.69, 9.17) is 28.9 Å². The van der Waals surface area contributed by atoms with Crippen molar-refractivity contribution in [2.45, 2.75) is 12.5 Å². The molecule has 0 bridgehead atoms. The van der Waals surface area contributed by atoms with Crippen molar-refractivity contribution in [1.82, 2.24) is 0 Å². The SMILES string of the molecule is NC(Cc1cccc(F)c1Cl)c1cc(Cl)cc(Br)c1. The largest absolute Gasteiger partial charge is 0.324 e. The van der Waals surface area contributed by atoms with E-state index in [2.05, 4.69) is 15.9 Å². The highest BCUT2D eigenvalue weighted by Gasteiger charge is 2.13. The quantitative estimate of drug-likeness (QED) is 0.803. The normalized spacial score (nSPS) is 12.5. The maximum absolute atomic E-state index is 13.4. The molecule has 0 aliphatic rings. The first-order valence-electron chi connectivity index (χ1n) is 5.62. The molecule has 0 fully saturated rings. The van der Waals surface area contributed by atoms with Gasteiger partial charge in [-0.15, -0.1) is 0 Å². The van der Waals surface area contributed by atoms with Crippen LogP contribution in [0.1, 0.15) is 17.2 Å². The third-order valence-corrected chi connectivity index (χ3v) is 3.88. The summed E-state index contributed by atoms with van der Waals surface area (Å²) >= 11 is 15.3. The van der Waals surface area contributed by atoms with E-state index in [0.29, 0.717) is 17.0 Å². The van der Waals surface area contributed by atoms with Gasteiger partial charge in [0, 0.05) is 15.5 Å². The molecule has 1 nitrogen and oxygen atoms in total. The molecule has 2 N–H and O–H groups in total. The van der Waals surface area contributed by atoms with Crippen molar-refractivity contribution in [3.8, 4) is 0 Å². The van der Waals surface area contributed by atoms with E-state index < -0.39 is 5.82 Å². The Kier molecular flexibility index (Phi) is 4.85. The van der Waals surface area contributed by atoms with Crippen molar-refractivity contribution in [1.29, 1.82) is 0 Å². The molecule has 0 amide bonds. The van der Waals surface area contributed by atoms with E-state index in [0.717, 1.165) is 10.0 Å². The van der Waals surface area contributed by atoms with Gasteiger partial charge in [-0.2, -0.15) is 0 Å². The van der Waals surface area contributed by atoms with Gasteiger partial charge in [0.1, 0.15) is 5.82 Å². The Balaban J connectivity index is 2.25. The van der Waals surface area contributed by atoms with E-state index in [1.54, 1.807) is 24.3 Å². The summed E-state index contributed by atoms with van der Waals surface area (Å²) in [6.07, 6.45) is 0.448. The molecule has 0 saturated carbocycles. The average molecular weight is 363 g/mol. The van der Waals surface area contributed by atoms with Crippen LogP contribution in [0, 0.1) is 5.82 Å². The fourth-order valence-corrected chi connectivity index (χ4v) is 2.94. The van der Waals surface area contributed by atoms with Crippen LogP contribution in [0.5, 0.6) is 0 Å². The van der Waals surface area contributed by atoms with Gasteiger partial charge in [0.2, 0.25) is 0 Å². The second-order valence-corrected chi connectivity index (χ2v) is 5.96. The van der Waals surface area contributed by atoms with E-state index in [1.165, 1.54) is 6.07 Å².